The van der Waals surface area contributed by atoms with E-state index in [0.29, 0.717) is 16.5 Å². The number of fused-ring (bicyclic) bond motifs is 1. The Labute approximate surface area is 196 Å². The molecule has 34 heavy (non-hydrogen) atoms. The fraction of sp³-hybridized carbons (Fsp3) is 0.238. The third kappa shape index (κ3) is 6.22. The van der Waals surface area contributed by atoms with Crippen LogP contribution in [0.3, 0.4) is 0 Å². The highest BCUT2D eigenvalue weighted by Gasteiger charge is 2.20. The Morgan fingerprint density at radius 2 is 1.97 bits per heavy atom. The molecule has 0 saturated heterocycles. The summed E-state index contributed by atoms with van der Waals surface area (Å²) >= 11 is 0. The Bertz CT molecular complexity index is 1360. The number of guanidine groups is 1. The number of aromatic nitrogens is 2. The van der Waals surface area contributed by atoms with Crippen molar-refractivity contribution in [1.29, 1.82) is 0 Å². The summed E-state index contributed by atoms with van der Waals surface area (Å²) in [4.78, 5) is 33.9. The van der Waals surface area contributed by atoms with Crippen molar-refractivity contribution in [3.05, 3.63) is 64.8 Å². The molecule has 13 heteroatoms. The lowest BCUT2D eigenvalue weighted by Crippen LogP contribution is -2.36. The summed E-state index contributed by atoms with van der Waals surface area (Å²) in [5.41, 5.74) is 9.87. The minimum atomic E-state index is -4.09. The van der Waals surface area contributed by atoms with Crippen molar-refractivity contribution < 1.29 is 18.0 Å². The van der Waals surface area contributed by atoms with Crippen LogP contribution >= 0.6 is 0 Å². The standard InChI is InChI=1S/C20H23N7O5S.CH4/c1-13-5-6-16(19(29)27(13)12-18(28)24-9-10-32-25-20(21)22)26-33(30,31)17-4-2-3-14-11-23-8-7-15(14)17;/h2-8,11,26H,9-10,12H2,1H3,(H,24,28)(H4,21,22,25);1H4. The molecule has 0 radical (unpaired) electrons. The number of amides is 1. The van der Waals surface area contributed by atoms with Crippen LogP contribution < -0.4 is 27.1 Å². The van der Waals surface area contributed by atoms with Crippen molar-refractivity contribution in [3.8, 4) is 0 Å². The molecule has 0 aliphatic carbocycles. The van der Waals surface area contributed by atoms with E-state index in [1.54, 1.807) is 37.4 Å². The first-order chi connectivity index (χ1) is 15.7. The fourth-order valence-electron chi connectivity index (χ4n) is 3.03. The van der Waals surface area contributed by atoms with E-state index in [2.05, 4.69) is 20.2 Å². The molecule has 0 unspecified atom stereocenters. The van der Waals surface area contributed by atoms with Gasteiger partial charge < -0.3 is 26.2 Å². The van der Waals surface area contributed by atoms with Gasteiger partial charge in [-0.2, -0.15) is 0 Å². The first-order valence-corrected chi connectivity index (χ1v) is 11.2. The van der Waals surface area contributed by atoms with E-state index in [1.807, 2.05) is 0 Å². The van der Waals surface area contributed by atoms with Gasteiger partial charge in [0.05, 0.1) is 11.4 Å². The largest absolute Gasteiger partial charge is 0.391 e. The van der Waals surface area contributed by atoms with Crippen LogP contribution in [0, 0.1) is 6.92 Å². The quantitative estimate of drug-likeness (QED) is 0.145. The normalized spacial score (nSPS) is 10.7. The number of pyridine rings is 2. The summed E-state index contributed by atoms with van der Waals surface area (Å²) in [5.74, 6) is -0.724. The Hall–Kier alpha value is -4.13. The first kappa shape index (κ1) is 26.1. The van der Waals surface area contributed by atoms with E-state index in [4.69, 9.17) is 16.3 Å². The third-order valence-corrected chi connectivity index (χ3v) is 5.98. The summed E-state index contributed by atoms with van der Waals surface area (Å²) < 4.78 is 29.6. The molecule has 0 saturated carbocycles. The molecule has 0 spiro atoms. The number of carbonyl (C=O) groups is 1. The highest BCUT2D eigenvalue weighted by atomic mass is 32.2. The monoisotopic (exact) mass is 489 g/mol. The molecule has 0 fully saturated rings. The van der Waals surface area contributed by atoms with Crippen LogP contribution in [0.1, 0.15) is 13.1 Å². The predicted molar refractivity (Wildman–Crippen MR) is 129 cm³/mol. The van der Waals surface area contributed by atoms with Gasteiger partial charge in [0, 0.05) is 28.9 Å². The van der Waals surface area contributed by atoms with Crippen LogP contribution in [0.5, 0.6) is 0 Å². The van der Waals surface area contributed by atoms with Crippen molar-refractivity contribution in [2.45, 2.75) is 25.8 Å². The highest BCUT2D eigenvalue weighted by molar-refractivity contribution is 7.93. The van der Waals surface area contributed by atoms with Gasteiger partial charge in [-0.1, -0.05) is 19.6 Å². The van der Waals surface area contributed by atoms with Crippen LogP contribution in [0.4, 0.5) is 5.69 Å². The topological polar surface area (TPSA) is 184 Å². The van der Waals surface area contributed by atoms with Gasteiger partial charge in [0.25, 0.3) is 15.6 Å². The maximum Gasteiger partial charge on any atom is 0.275 e. The van der Waals surface area contributed by atoms with Crippen molar-refractivity contribution in [1.82, 2.24) is 14.9 Å². The summed E-state index contributed by atoms with van der Waals surface area (Å²) in [6, 6.07) is 9.25. The number of anilines is 1. The Kier molecular flexibility index (Phi) is 8.56. The highest BCUT2D eigenvalue weighted by Crippen LogP contribution is 2.23. The van der Waals surface area contributed by atoms with Gasteiger partial charge in [-0.25, -0.2) is 8.42 Å². The zero-order valence-corrected chi connectivity index (χ0v) is 18.5. The molecule has 0 bridgehead atoms. The molecule has 3 rings (SSSR count). The SMILES string of the molecule is C.Cc1ccc(NS(=O)(=O)c2cccc3cnccc23)c(=O)n1CC(=O)NCCON=C(N)N. The number of hydrogen-bond acceptors (Lipinski definition) is 7. The van der Waals surface area contributed by atoms with Gasteiger partial charge in [0.15, 0.2) is 0 Å². The lowest BCUT2D eigenvalue weighted by Gasteiger charge is -2.14. The molecule has 0 aliphatic rings. The second-order valence-corrected chi connectivity index (χ2v) is 8.59. The molecule has 6 N–H and O–H groups in total. The number of rotatable bonds is 9. The number of hydrogen-bond donors (Lipinski definition) is 4. The predicted octanol–water partition coefficient (Wildman–Crippen LogP) is 0.463. The van der Waals surface area contributed by atoms with E-state index >= 15 is 0 Å². The minimum absolute atomic E-state index is 0. The summed E-state index contributed by atoms with van der Waals surface area (Å²) in [6.07, 6.45) is 3.04. The molecule has 182 valence electrons. The zero-order chi connectivity index (χ0) is 24.0. The first-order valence-electron chi connectivity index (χ1n) is 9.72. The second kappa shape index (κ2) is 11.1. The lowest BCUT2D eigenvalue weighted by molar-refractivity contribution is -0.122. The van der Waals surface area contributed by atoms with Gasteiger partial charge >= 0.3 is 0 Å². The van der Waals surface area contributed by atoms with Crippen molar-refractivity contribution in [3.63, 3.8) is 0 Å². The number of nitrogens with one attached hydrogen (secondary N) is 2. The van der Waals surface area contributed by atoms with Gasteiger partial charge in [0.2, 0.25) is 11.9 Å². The Morgan fingerprint density at radius 3 is 2.71 bits per heavy atom. The molecule has 3 aromatic rings. The van der Waals surface area contributed by atoms with Crippen LogP contribution in [0.15, 0.2) is 63.6 Å². The van der Waals surface area contributed by atoms with Gasteiger partial charge in [-0.3, -0.25) is 19.3 Å². The molecule has 0 atom stereocenters. The molecule has 2 aromatic heterocycles. The number of nitrogens with two attached hydrogens (primary N) is 2. The second-order valence-electron chi connectivity index (χ2n) is 6.94. The number of aryl methyl sites for hydroxylation is 1. The number of sulfonamides is 1. The van der Waals surface area contributed by atoms with Gasteiger partial charge in [-0.15, -0.1) is 0 Å². The van der Waals surface area contributed by atoms with E-state index < -0.39 is 21.5 Å². The summed E-state index contributed by atoms with van der Waals surface area (Å²) in [6.45, 7) is 1.44. The maximum atomic E-state index is 13.0. The smallest absolute Gasteiger partial charge is 0.275 e. The van der Waals surface area contributed by atoms with Gasteiger partial charge in [0.1, 0.15) is 18.8 Å². The minimum Gasteiger partial charge on any atom is -0.391 e. The molecular formula is C21H27N7O5S. The number of benzene rings is 1. The molecule has 1 amide bonds. The number of carbonyl (C=O) groups excluding carboxylic acids is 1. The number of oxime groups is 1. The van der Waals surface area contributed by atoms with Crippen LogP contribution in [0.2, 0.25) is 0 Å². The molecule has 12 nitrogen and oxygen atoms in total. The van der Waals surface area contributed by atoms with E-state index in [9.17, 15) is 18.0 Å². The summed E-state index contributed by atoms with van der Waals surface area (Å²) in [5, 5.41) is 6.98. The Morgan fingerprint density at radius 1 is 1.21 bits per heavy atom. The summed E-state index contributed by atoms with van der Waals surface area (Å²) in [7, 11) is -4.09. The van der Waals surface area contributed by atoms with Crippen molar-refractivity contribution in [2.75, 3.05) is 17.9 Å². The van der Waals surface area contributed by atoms with Crippen molar-refractivity contribution >= 4 is 38.3 Å². The van der Waals surface area contributed by atoms with Crippen LogP contribution in [-0.4, -0.2) is 43.0 Å². The number of nitrogens with zero attached hydrogens (tertiary/aromatic N) is 3. The molecule has 0 aliphatic heterocycles. The third-order valence-electron chi connectivity index (χ3n) is 4.55. The van der Waals surface area contributed by atoms with E-state index in [1.165, 1.54) is 18.3 Å². The average molecular weight is 490 g/mol. The average Bonchev–Trinajstić information content (AvgIpc) is 2.77. The molecular weight excluding hydrogens is 462 g/mol. The van der Waals surface area contributed by atoms with Crippen molar-refractivity contribution in [2.24, 2.45) is 16.6 Å². The maximum absolute atomic E-state index is 13.0. The van der Waals surface area contributed by atoms with Crippen LogP contribution in [0.25, 0.3) is 10.8 Å². The zero-order valence-electron chi connectivity index (χ0n) is 17.7. The van der Waals surface area contributed by atoms with Crippen LogP contribution in [-0.2, 0) is 26.2 Å². The fourth-order valence-corrected chi connectivity index (χ4v) is 4.32. The Balaban J connectivity index is 0.00000408. The van der Waals surface area contributed by atoms with E-state index in [0.717, 1.165) is 4.57 Å². The molecule has 2 heterocycles. The lowest BCUT2D eigenvalue weighted by atomic mass is 10.2. The molecule has 1 aromatic carbocycles. The van der Waals surface area contributed by atoms with Gasteiger partial charge in [-0.05, 0) is 36.3 Å². The van der Waals surface area contributed by atoms with E-state index in [-0.39, 0.29) is 43.7 Å².